The minimum atomic E-state index is -0.677. The molecule has 4 aromatic rings. The summed E-state index contributed by atoms with van der Waals surface area (Å²) in [5.74, 6) is -1.02. The molecule has 10 heteroatoms. The largest absolute Gasteiger partial charge is 0.510 e. The van der Waals surface area contributed by atoms with Crippen LogP contribution in [0.25, 0.3) is 15.8 Å². The molecule has 0 bridgehead atoms. The van der Waals surface area contributed by atoms with Crippen molar-refractivity contribution in [3.63, 3.8) is 0 Å². The number of carbonyl (C=O) groups is 2. The summed E-state index contributed by atoms with van der Waals surface area (Å²) < 4.78 is 6.14. The van der Waals surface area contributed by atoms with Crippen LogP contribution in [0.2, 0.25) is 5.02 Å². The van der Waals surface area contributed by atoms with Gasteiger partial charge >= 0.3 is 5.97 Å². The summed E-state index contributed by atoms with van der Waals surface area (Å²) in [6.07, 6.45) is 0. The van der Waals surface area contributed by atoms with Gasteiger partial charge in [0.15, 0.2) is 6.61 Å². The monoisotopic (exact) mass is 532 g/mol. The lowest BCUT2D eigenvalue weighted by Gasteiger charge is -2.19. The van der Waals surface area contributed by atoms with Gasteiger partial charge in [-0.1, -0.05) is 48.0 Å². The molecular formula is C27H21ClN4O4S. The second-order valence-corrected chi connectivity index (χ2v) is 9.68. The number of esters is 1. The van der Waals surface area contributed by atoms with E-state index in [1.807, 2.05) is 30.3 Å². The molecule has 186 valence electrons. The molecule has 0 aliphatic carbocycles. The van der Waals surface area contributed by atoms with Crippen LogP contribution in [-0.4, -0.2) is 41.0 Å². The maximum atomic E-state index is 12.6. The van der Waals surface area contributed by atoms with Gasteiger partial charge in [-0.15, -0.1) is 11.3 Å². The van der Waals surface area contributed by atoms with Crippen molar-refractivity contribution in [2.45, 2.75) is 6.54 Å². The van der Waals surface area contributed by atoms with Gasteiger partial charge in [0.25, 0.3) is 5.91 Å². The number of hydrogen-bond donors (Lipinski definition) is 3. The third-order valence-corrected chi connectivity index (χ3v) is 7.20. The van der Waals surface area contributed by atoms with Gasteiger partial charge in [0, 0.05) is 17.3 Å². The fourth-order valence-corrected chi connectivity index (χ4v) is 5.14. The highest BCUT2D eigenvalue weighted by Gasteiger charge is 2.31. The Morgan fingerprint density at radius 1 is 1.11 bits per heavy atom. The highest BCUT2D eigenvalue weighted by Crippen LogP contribution is 2.35. The summed E-state index contributed by atoms with van der Waals surface area (Å²) in [5.41, 5.74) is 2.67. The van der Waals surface area contributed by atoms with Gasteiger partial charge in [0.05, 0.1) is 27.9 Å². The third kappa shape index (κ3) is 5.18. The maximum absolute atomic E-state index is 12.6. The number of aliphatic hydroxyl groups excluding tert-OH is 1. The second kappa shape index (κ2) is 10.4. The number of amides is 1. The van der Waals surface area contributed by atoms with Gasteiger partial charge in [-0.2, -0.15) is 0 Å². The number of anilines is 1. The predicted octanol–water partition coefficient (Wildman–Crippen LogP) is 5.19. The van der Waals surface area contributed by atoms with E-state index < -0.39 is 18.5 Å². The Morgan fingerprint density at radius 3 is 2.70 bits per heavy atom. The molecule has 0 saturated heterocycles. The average molecular weight is 533 g/mol. The number of fused-ring (bicyclic) bond motifs is 1. The Bertz CT molecular complexity index is 1530. The first-order valence-corrected chi connectivity index (χ1v) is 12.5. The van der Waals surface area contributed by atoms with Crippen LogP contribution in [0.5, 0.6) is 0 Å². The maximum Gasteiger partial charge on any atom is 0.338 e. The van der Waals surface area contributed by atoms with E-state index in [1.54, 1.807) is 47.4 Å². The van der Waals surface area contributed by atoms with Crippen molar-refractivity contribution in [1.82, 2.24) is 10.3 Å². The molecule has 3 N–H and O–H groups in total. The van der Waals surface area contributed by atoms with Crippen molar-refractivity contribution in [3.8, 4) is 0 Å². The number of nitrogens with zero attached hydrogens (tertiary/aromatic N) is 2. The molecule has 1 aliphatic rings. The van der Waals surface area contributed by atoms with Crippen molar-refractivity contribution in [2.24, 2.45) is 0 Å². The van der Waals surface area contributed by atoms with E-state index in [2.05, 4.69) is 10.3 Å². The molecular weight excluding hydrogens is 512 g/mol. The highest BCUT2D eigenvalue weighted by molar-refractivity contribution is 7.19. The molecule has 5 rings (SSSR count). The molecule has 0 unspecified atom stereocenters. The number of halogens is 1. The fourth-order valence-electron chi connectivity index (χ4n) is 3.91. The molecule has 1 aliphatic heterocycles. The lowest BCUT2D eigenvalue weighted by molar-refractivity contribution is -0.124. The first kappa shape index (κ1) is 24.5. The highest BCUT2D eigenvalue weighted by atomic mass is 35.5. The van der Waals surface area contributed by atoms with E-state index in [4.69, 9.17) is 21.7 Å². The van der Waals surface area contributed by atoms with Crippen LogP contribution in [-0.2, 0) is 16.1 Å². The van der Waals surface area contributed by atoms with Gasteiger partial charge in [0.2, 0.25) is 0 Å². The van der Waals surface area contributed by atoms with Crippen LogP contribution >= 0.6 is 22.9 Å². The summed E-state index contributed by atoms with van der Waals surface area (Å²) in [6.45, 7) is -0.152. The van der Waals surface area contributed by atoms with Crippen molar-refractivity contribution in [1.29, 1.82) is 5.41 Å². The number of amidine groups is 1. The zero-order valence-electron chi connectivity index (χ0n) is 19.4. The average Bonchev–Trinajstić information content (AvgIpc) is 3.46. The zero-order chi connectivity index (χ0) is 25.9. The Labute approximate surface area is 221 Å². The van der Waals surface area contributed by atoms with Crippen LogP contribution in [0.3, 0.4) is 0 Å². The van der Waals surface area contributed by atoms with Crippen LogP contribution in [0, 0.1) is 5.41 Å². The Morgan fingerprint density at radius 2 is 1.89 bits per heavy atom. The first-order chi connectivity index (χ1) is 17.9. The summed E-state index contributed by atoms with van der Waals surface area (Å²) in [4.78, 5) is 30.9. The molecule has 1 aromatic heterocycles. The lowest BCUT2D eigenvalue weighted by Crippen LogP contribution is -2.28. The predicted molar refractivity (Wildman–Crippen MR) is 144 cm³/mol. The molecule has 0 spiro atoms. The molecule has 8 nitrogen and oxygen atoms in total. The second-order valence-electron chi connectivity index (χ2n) is 8.24. The number of aromatic nitrogens is 1. The number of thiazole rings is 1. The molecule has 0 saturated carbocycles. The van der Waals surface area contributed by atoms with Crippen molar-refractivity contribution >= 4 is 62.1 Å². The van der Waals surface area contributed by atoms with Gasteiger partial charge in [-0.25, -0.2) is 9.78 Å². The van der Waals surface area contributed by atoms with Crippen LogP contribution < -0.4 is 10.2 Å². The van der Waals surface area contributed by atoms with Crippen molar-refractivity contribution in [2.75, 3.05) is 18.1 Å². The number of rotatable bonds is 7. The number of carbonyl (C=O) groups excluding carboxylic acids is 2. The van der Waals surface area contributed by atoms with E-state index in [-0.39, 0.29) is 30.2 Å². The normalized spacial score (nSPS) is 13.3. The smallest absolute Gasteiger partial charge is 0.338 e. The van der Waals surface area contributed by atoms with Gasteiger partial charge in [0.1, 0.15) is 16.6 Å². The van der Waals surface area contributed by atoms with Gasteiger partial charge in [-0.3, -0.25) is 10.2 Å². The van der Waals surface area contributed by atoms with Crippen LogP contribution in [0.4, 0.5) is 5.69 Å². The minimum Gasteiger partial charge on any atom is -0.510 e. The molecule has 1 amide bonds. The first-order valence-electron chi connectivity index (χ1n) is 11.3. The summed E-state index contributed by atoms with van der Waals surface area (Å²) >= 11 is 7.49. The van der Waals surface area contributed by atoms with Crippen LogP contribution in [0.15, 0.2) is 78.6 Å². The number of hydrogen-bond acceptors (Lipinski definition) is 7. The van der Waals surface area contributed by atoms with E-state index >= 15 is 0 Å². The third-order valence-electron chi connectivity index (χ3n) is 5.77. The quantitative estimate of drug-likeness (QED) is 0.282. The standard InChI is InChI=1S/C27H21ClN4O4S/c28-19-9-2-1-6-17(19)13-30-23(34)15-36-27(35)16-7-5-8-18(12-16)32-14-21(33)24(25(32)29)26-31-20-10-3-4-11-22(20)37-26/h1-12,29,33H,13-15H2,(H,30,34). The number of nitrogens with one attached hydrogen (secondary N) is 2. The lowest BCUT2D eigenvalue weighted by atomic mass is 10.2. The van der Waals surface area contributed by atoms with E-state index in [0.29, 0.717) is 21.3 Å². The molecule has 3 aromatic carbocycles. The van der Waals surface area contributed by atoms with E-state index in [1.165, 1.54) is 11.3 Å². The Hall–Kier alpha value is -4.21. The molecule has 37 heavy (non-hydrogen) atoms. The van der Waals surface area contributed by atoms with E-state index in [0.717, 1.165) is 15.8 Å². The van der Waals surface area contributed by atoms with Crippen LogP contribution in [0.1, 0.15) is 20.9 Å². The Kier molecular flexibility index (Phi) is 6.89. The molecule has 2 heterocycles. The topological polar surface area (TPSA) is 116 Å². The van der Waals surface area contributed by atoms with Gasteiger partial charge in [-0.05, 0) is 42.0 Å². The fraction of sp³-hybridized carbons (Fsp3) is 0.111. The van der Waals surface area contributed by atoms with Crippen molar-refractivity contribution in [3.05, 3.63) is 99.7 Å². The molecule has 0 fully saturated rings. The van der Waals surface area contributed by atoms with E-state index in [9.17, 15) is 14.7 Å². The number of para-hydroxylation sites is 1. The minimum absolute atomic E-state index is 0.0345. The number of benzene rings is 3. The Balaban J connectivity index is 1.23. The zero-order valence-corrected chi connectivity index (χ0v) is 21.0. The summed E-state index contributed by atoms with van der Waals surface area (Å²) in [6, 6.07) is 21.3. The van der Waals surface area contributed by atoms with Gasteiger partial charge < -0.3 is 20.1 Å². The molecule has 0 atom stereocenters. The SMILES string of the molecule is N=C1C(c2nc3ccccc3s2)=C(O)CN1c1cccc(C(=O)OCC(=O)NCc2ccccc2Cl)c1. The summed E-state index contributed by atoms with van der Waals surface area (Å²) in [5, 5.41) is 23.1. The summed E-state index contributed by atoms with van der Waals surface area (Å²) in [7, 11) is 0. The number of aliphatic hydroxyl groups is 1. The van der Waals surface area contributed by atoms with Crippen molar-refractivity contribution < 1.29 is 19.4 Å². The number of ether oxygens (including phenoxy) is 1. The molecule has 0 radical (unpaired) electrons.